The standard InChI is InChI=1S/C26H25N5OS/c1-3-28-13-5-7-19-15-29-25(27)23-22(16-33-24(19)23)18-9-11-20(12-10-18)30-26(32)31-21-8-4-6-17(2)14-21/h4,6,8-12,14-16,28H,3,13H2,1-2H3,(H2,27,29)(H2,30,31,32). The number of benzene rings is 2. The number of thiophene rings is 1. The van der Waals surface area contributed by atoms with Crippen molar-refractivity contribution in [3.05, 3.63) is 71.2 Å². The Hall–Kier alpha value is -3.86. The Morgan fingerprint density at radius 1 is 1.12 bits per heavy atom. The predicted octanol–water partition coefficient (Wildman–Crippen LogP) is 5.46. The molecule has 0 spiro atoms. The van der Waals surface area contributed by atoms with E-state index in [-0.39, 0.29) is 6.03 Å². The van der Waals surface area contributed by atoms with Crippen LogP contribution in [0.3, 0.4) is 0 Å². The number of fused-ring (bicyclic) bond motifs is 1. The third-order valence-electron chi connectivity index (χ3n) is 5.04. The van der Waals surface area contributed by atoms with Gasteiger partial charge in [0.2, 0.25) is 0 Å². The van der Waals surface area contributed by atoms with Crippen molar-refractivity contribution in [2.75, 3.05) is 29.5 Å². The Labute approximate surface area is 197 Å². The normalized spacial score (nSPS) is 10.5. The number of nitrogens with zero attached hydrogens (tertiary/aromatic N) is 1. The van der Waals surface area contributed by atoms with E-state index < -0.39 is 0 Å². The monoisotopic (exact) mass is 455 g/mol. The van der Waals surface area contributed by atoms with Gasteiger partial charge in [-0.25, -0.2) is 9.78 Å². The van der Waals surface area contributed by atoms with Crippen LogP contribution in [0.1, 0.15) is 18.1 Å². The summed E-state index contributed by atoms with van der Waals surface area (Å²) in [5.41, 5.74) is 11.6. The molecule has 2 heterocycles. The van der Waals surface area contributed by atoms with Crippen LogP contribution in [0.5, 0.6) is 0 Å². The number of rotatable bonds is 5. The molecule has 6 nitrogen and oxygen atoms in total. The van der Waals surface area contributed by atoms with Gasteiger partial charge in [0.05, 0.1) is 16.8 Å². The molecule has 0 saturated heterocycles. The van der Waals surface area contributed by atoms with Crippen LogP contribution in [-0.4, -0.2) is 24.1 Å². The average molecular weight is 456 g/mol. The lowest BCUT2D eigenvalue weighted by atomic mass is 10.0. The van der Waals surface area contributed by atoms with Gasteiger partial charge < -0.3 is 21.7 Å². The second-order valence-corrected chi connectivity index (χ2v) is 8.40. The zero-order chi connectivity index (χ0) is 23.2. The van der Waals surface area contributed by atoms with Crippen LogP contribution in [0, 0.1) is 18.8 Å². The SMILES string of the molecule is CCNCC#Cc1cnc(N)c2c(-c3ccc(NC(=O)Nc4cccc(C)c4)cc3)csc12. The van der Waals surface area contributed by atoms with Crippen LogP contribution in [-0.2, 0) is 0 Å². The van der Waals surface area contributed by atoms with E-state index in [2.05, 4.69) is 38.2 Å². The summed E-state index contributed by atoms with van der Waals surface area (Å²) in [6.45, 7) is 5.54. The number of carbonyl (C=O) groups is 1. The molecule has 0 atom stereocenters. The number of urea groups is 1. The first kappa shape index (κ1) is 22.3. The number of nitrogen functional groups attached to an aromatic ring is 1. The van der Waals surface area contributed by atoms with Crippen LogP contribution in [0.25, 0.3) is 21.2 Å². The van der Waals surface area contributed by atoms with Gasteiger partial charge in [-0.1, -0.05) is 43.0 Å². The van der Waals surface area contributed by atoms with Gasteiger partial charge in [0.15, 0.2) is 0 Å². The zero-order valence-electron chi connectivity index (χ0n) is 18.5. The first-order valence-electron chi connectivity index (χ1n) is 10.7. The molecule has 166 valence electrons. The maximum Gasteiger partial charge on any atom is 0.323 e. The smallest absolute Gasteiger partial charge is 0.323 e. The van der Waals surface area contributed by atoms with Crippen molar-refractivity contribution in [2.24, 2.45) is 0 Å². The van der Waals surface area contributed by atoms with Gasteiger partial charge in [-0.3, -0.25) is 0 Å². The van der Waals surface area contributed by atoms with E-state index in [0.717, 1.165) is 44.6 Å². The minimum atomic E-state index is -0.288. The van der Waals surface area contributed by atoms with E-state index in [0.29, 0.717) is 18.1 Å². The molecule has 4 aromatic rings. The summed E-state index contributed by atoms with van der Waals surface area (Å²) in [6, 6.07) is 15.1. The van der Waals surface area contributed by atoms with Gasteiger partial charge >= 0.3 is 6.03 Å². The summed E-state index contributed by atoms with van der Waals surface area (Å²) >= 11 is 1.61. The maximum atomic E-state index is 12.3. The summed E-state index contributed by atoms with van der Waals surface area (Å²) in [5.74, 6) is 6.81. The second-order valence-electron chi connectivity index (χ2n) is 7.52. The number of hydrogen-bond acceptors (Lipinski definition) is 5. The molecule has 2 aromatic heterocycles. The number of aryl methyl sites for hydroxylation is 1. The number of pyridine rings is 1. The second kappa shape index (κ2) is 10.2. The lowest BCUT2D eigenvalue weighted by Crippen LogP contribution is -2.19. The fourth-order valence-electron chi connectivity index (χ4n) is 3.45. The number of carbonyl (C=O) groups excluding carboxylic acids is 1. The van der Waals surface area contributed by atoms with E-state index >= 15 is 0 Å². The molecule has 0 aliphatic carbocycles. The fourth-order valence-corrected chi connectivity index (χ4v) is 4.50. The maximum absolute atomic E-state index is 12.3. The lowest BCUT2D eigenvalue weighted by Gasteiger charge is -2.09. The van der Waals surface area contributed by atoms with Crippen LogP contribution < -0.4 is 21.7 Å². The van der Waals surface area contributed by atoms with Crippen molar-refractivity contribution < 1.29 is 4.79 Å². The molecule has 0 radical (unpaired) electrons. The van der Waals surface area contributed by atoms with Crippen molar-refractivity contribution in [3.63, 3.8) is 0 Å². The minimum absolute atomic E-state index is 0.288. The number of nitrogens with one attached hydrogen (secondary N) is 3. The number of amides is 2. The molecule has 0 aliphatic rings. The van der Waals surface area contributed by atoms with Crippen LogP contribution in [0.2, 0.25) is 0 Å². The summed E-state index contributed by atoms with van der Waals surface area (Å²) < 4.78 is 1.03. The Morgan fingerprint density at radius 3 is 2.67 bits per heavy atom. The molecule has 0 aliphatic heterocycles. The van der Waals surface area contributed by atoms with E-state index in [1.165, 1.54) is 0 Å². The van der Waals surface area contributed by atoms with Gasteiger partial charge in [0, 0.05) is 28.5 Å². The van der Waals surface area contributed by atoms with E-state index in [4.69, 9.17) is 5.73 Å². The van der Waals surface area contributed by atoms with E-state index in [1.807, 2.05) is 62.4 Å². The highest BCUT2D eigenvalue weighted by atomic mass is 32.1. The Morgan fingerprint density at radius 2 is 1.91 bits per heavy atom. The Kier molecular flexibility index (Phi) is 6.89. The average Bonchev–Trinajstić information content (AvgIpc) is 3.25. The molecule has 2 aromatic carbocycles. The molecule has 0 saturated carbocycles. The predicted molar refractivity (Wildman–Crippen MR) is 139 cm³/mol. The summed E-state index contributed by atoms with van der Waals surface area (Å²) in [7, 11) is 0. The zero-order valence-corrected chi connectivity index (χ0v) is 19.3. The molecule has 7 heteroatoms. The number of hydrogen-bond donors (Lipinski definition) is 4. The highest BCUT2D eigenvalue weighted by molar-refractivity contribution is 7.18. The van der Waals surface area contributed by atoms with Crippen molar-refractivity contribution in [1.82, 2.24) is 10.3 Å². The number of nitrogens with two attached hydrogens (primary N) is 1. The minimum Gasteiger partial charge on any atom is -0.383 e. The van der Waals surface area contributed by atoms with Crippen LogP contribution in [0.4, 0.5) is 22.0 Å². The van der Waals surface area contributed by atoms with Crippen molar-refractivity contribution in [3.8, 4) is 23.0 Å². The summed E-state index contributed by atoms with van der Waals surface area (Å²) in [5, 5.41) is 11.9. The lowest BCUT2D eigenvalue weighted by molar-refractivity contribution is 0.262. The highest BCUT2D eigenvalue weighted by Crippen LogP contribution is 2.38. The highest BCUT2D eigenvalue weighted by Gasteiger charge is 2.13. The quantitative estimate of drug-likeness (QED) is 0.238. The molecular weight excluding hydrogens is 430 g/mol. The topological polar surface area (TPSA) is 92.1 Å². The van der Waals surface area contributed by atoms with Crippen molar-refractivity contribution in [1.29, 1.82) is 0 Å². The first-order valence-corrected chi connectivity index (χ1v) is 11.5. The summed E-state index contributed by atoms with van der Waals surface area (Å²) in [4.78, 5) is 16.7. The molecule has 0 fully saturated rings. The number of anilines is 3. The van der Waals surface area contributed by atoms with Crippen LogP contribution >= 0.6 is 11.3 Å². The largest absolute Gasteiger partial charge is 0.383 e. The van der Waals surface area contributed by atoms with Crippen LogP contribution in [0.15, 0.2) is 60.1 Å². The number of aromatic nitrogens is 1. The van der Waals surface area contributed by atoms with Crippen molar-refractivity contribution in [2.45, 2.75) is 13.8 Å². The van der Waals surface area contributed by atoms with E-state index in [9.17, 15) is 4.79 Å². The van der Waals surface area contributed by atoms with E-state index in [1.54, 1.807) is 17.5 Å². The molecule has 33 heavy (non-hydrogen) atoms. The van der Waals surface area contributed by atoms with Gasteiger partial charge in [-0.15, -0.1) is 11.3 Å². The van der Waals surface area contributed by atoms with Crippen molar-refractivity contribution >= 4 is 44.6 Å². The third kappa shape index (κ3) is 5.32. The molecule has 0 bridgehead atoms. The third-order valence-corrected chi connectivity index (χ3v) is 6.05. The molecule has 5 N–H and O–H groups in total. The van der Waals surface area contributed by atoms with Gasteiger partial charge in [-0.05, 0) is 54.2 Å². The van der Waals surface area contributed by atoms with Gasteiger partial charge in [0.1, 0.15) is 5.82 Å². The molecule has 4 rings (SSSR count). The molecule has 0 unspecified atom stereocenters. The molecular formula is C26H25N5OS. The fraction of sp³-hybridized carbons (Fsp3) is 0.154. The first-order chi connectivity index (χ1) is 16.0. The van der Waals surface area contributed by atoms with Gasteiger partial charge in [0.25, 0.3) is 0 Å². The molecule has 2 amide bonds. The Bertz CT molecular complexity index is 1350. The Balaban J connectivity index is 1.53. The summed E-state index contributed by atoms with van der Waals surface area (Å²) in [6.07, 6.45) is 1.73. The van der Waals surface area contributed by atoms with Gasteiger partial charge in [-0.2, -0.15) is 0 Å².